The average Bonchev–Trinajstić information content (AvgIpc) is 2.76. The number of ketones is 2. The molecular formula is C12H10BrN3O2. The van der Waals surface area contributed by atoms with Gasteiger partial charge in [-0.25, -0.2) is 0 Å². The lowest BCUT2D eigenvalue weighted by Crippen LogP contribution is -2.09. The van der Waals surface area contributed by atoms with Crippen LogP contribution in [-0.4, -0.2) is 26.6 Å². The highest BCUT2D eigenvalue weighted by atomic mass is 79.9. The van der Waals surface area contributed by atoms with Gasteiger partial charge in [0.05, 0.1) is 12.6 Å². The molecule has 0 fully saturated rings. The molecule has 0 saturated carbocycles. The molecule has 1 heterocycles. The fourth-order valence-corrected chi connectivity index (χ4v) is 2.00. The van der Waals surface area contributed by atoms with E-state index in [2.05, 4.69) is 26.2 Å². The van der Waals surface area contributed by atoms with Gasteiger partial charge in [-0.15, -0.1) is 5.10 Å². The second kappa shape index (κ2) is 5.22. The number of aromatic nitrogens is 3. The third-order valence-electron chi connectivity index (χ3n) is 2.38. The number of nitrogens with zero attached hydrogens (tertiary/aromatic N) is 3. The van der Waals surface area contributed by atoms with Crippen LogP contribution >= 0.6 is 15.9 Å². The van der Waals surface area contributed by atoms with E-state index in [0.717, 1.165) is 0 Å². The summed E-state index contributed by atoms with van der Waals surface area (Å²) in [6.07, 6.45) is 1.29. The van der Waals surface area contributed by atoms with E-state index in [1.807, 2.05) is 6.07 Å². The van der Waals surface area contributed by atoms with Gasteiger partial charge in [0.1, 0.15) is 5.69 Å². The van der Waals surface area contributed by atoms with Crippen molar-refractivity contribution in [3.63, 3.8) is 0 Å². The Labute approximate surface area is 112 Å². The van der Waals surface area contributed by atoms with Gasteiger partial charge in [-0.2, -0.15) is 0 Å². The maximum absolute atomic E-state index is 12.0. The fourth-order valence-electron chi connectivity index (χ4n) is 1.49. The molecule has 2 rings (SSSR count). The molecule has 0 bridgehead atoms. The van der Waals surface area contributed by atoms with Crippen molar-refractivity contribution in [1.82, 2.24) is 15.0 Å². The van der Waals surface area contributed by atoms with E-state index in [4.69, 9.17) is 0 Å². The normalized spacial score (nSPS) is 10.3. The Bertz CT molecular complexity index is 607. The maximum Gasteiger partial charge on any atom is 0.192 e. The minimum Gasteiger partial charge on any atom is -0.294 e. The summed E-state index contributed by atoms with van der Waals surface area (Å²) in [5.41, 5.74) is 0.702. The van der Waals surface area contributed by atoms with E-state index in [1.165, 1.54) is 10.9 Å². The Morgan fingerprint density at radius 3 is 2.61 bits per heavy atom. The van der Waals surface area contributed by atoms with Gasteiger partial charge in [-0.05, 0) is 6.07 Å². The second-order valence-electron chi connectivity index (χ2n) is 3.78. The summed E-state index contributed by atoms with van der Waals surface area (Å²) in [6, 6.07) is 7.01. The molecule has 0 aliphatic rings. The molecule has 0 saturated heterocycles. The van der Waals surface area contributed by atoms with E-state index in [0.29, 0.717) is 10.0 Å². The first-order chi connectivity index (χ1) is 8.58. The van der Waals surface area contributed by atoms with E-state index in [-0.39, 0.29) is 23.7 Å². The van der Waals surface area contributed by atoms with Crippen molar-refractivity contribution < 1.29 is 9.59 Å². The maximum atomic E-state index is 12.0. The van der Waals surface area contributed by atoms with Crippen molar-refractivity contribution in [2.24, 2.45) is 7.05 Å². The third-order valence-corrected chi connectivity index (χ3v) is 3.08. The quantitative estimate of drug-likeness (QED) is 0.640. The first-order valence-electron chi connectivity index (χ1n) is 5.25. The number of Topliss-reactive ketones (excluding diaryl/α,β-unsaturated/α-hetero) is 2. The lowest BCUT2D eigenvalue weighted by molar-refractivity contribution is 0.0891. The third kappa shape index (κ3) is 2.70. The van der Waals surface area contributed by atoms with E-state index in [1.54, 1.807) is 25.2 Å². The molecular weight excluding hydrogens is 298 g/mol. The lowest BCUT2D eigenvalue weighted by atomic mass is 10.1. The lowest BCUT2D eigenvalue weighted by Gasteiger charge is -2.01. The van der Waals surface area contributed by atoms with E-state index < -0.39 is 0 Å². The summed E-state index contributed by atoms with van der Waals surface area (Å²) in [5, 5.41) is 7.34. The van der Waals surface area contributed by atoms with Crippen LogP contribution < -0.4 is 0 Å². The van der Waals surface area contributed by atoms with Crippen molar-refractivity contribution in [2.45, 2.75) is 6.42 Å². The van der Waals surface area contributed by atoms with Crippen LogP contribution in [0.15, 0.2) is 34.9 Å². The molecule has 0 unspecified atom stereocenters. The SMILES string of the molecule is Cn1cc(C(=O)CC(=O)c2ccccc2Br)nn1. The van der Waals surface area contributed by atoms with Crippen molar-refractivity contribution in [2.75, 3.05) is 0 Å². The van der Waals surface area contributed by atoms with Crippen molar-refractivity contribution in [3.8, 4) is 0 Å². The number of hydrogen-bond acceptors (Lipinski definition) is 4. The number of halogens is 1. The number of carbonyl (C=O) groups excluding carboxylic acids is 2. The van der Waals surface area contributed by atoms with Crippen LogP contribution in [0.5, 0.6) is 0 Å². The van der Waals surface area contributed by atoms with Crippen LogP contribution in [0, 0.1) is 0 Å². The molecule has 18 heavy (non-hydrogen) atoms. The Kier molecular flexibility index (Phi) is 3.66. The van der Waals surface area contributed by atoms with Gasteiger partial charge < -0.3 is 0 Å². The molecule has 92 valence electrons. The molecule has 2 aromatic rings. The molecule has 0 spiro atoms. The van der Waals surface area contributed by atoms with Gasteiger partial charge in [0.2, 0.25) is 0 Å². The van der Waals surface area contributed by atoms with Crippen molar-refractivity contribution >= 4 is 27.5 Å². The second-order valence-corrected chi connectivity index (χ2v) is 4.63. The van der Waals surface area contributed by atoms with Gasteiger partial charge >= 0.3 is 0 Å². The predicted octanol–water partition coefficient (Wildman–Crippen LogP) is 2.03. The Hall–Kier alpha value is -1.82. The van der Waals surface area contributed by atoms with Crippen LogP contribution in [0.1, 0.15) is 27.3 Å². The largest absolute Gasteiger partial charge is 0.294 e. The highest BCUT2D eigenvalue weighted by Crippen LogP contribution is 2.18. The first-order valence-corrected chi connectivity index (χ1v) is 6.04. The molecule has 0 aliphatic carbocycles. The summed E-state index contributed by atoms with van der Waals surface area (Å²) in [4.78, 5) is 23.8. The van der Waals surface area contributed by atoms with Gasteiger partial charge in [-0.1, -0.05) is 39.3 Å². The zero-order chi connectivity index (χ0) is 13.1. The summed E-state index contributed by atoms with van der Waals surface area (Å²) in [5.74, 6) is -0.568. The zero-order valence-electron chi connectivity index (χ0n) is 9.63. The van der Waals surface area contributed by atoms with E-state index >= 15 is 0 Å². The van der Waals surface area contributed by atoms with Crippen molar-refractivity contribution in [1.29, 1.82) is 0 Å². The molecule has 1 aromatic heterocycles. The standard InChI is InChI=1S/C12H10BrN3O2/c1-16-7-10(14-15-16)12(18)6-11(17)8-4-2-3-5-9(8)13/h2-5,7H,6H2,1H3. The minimum absolute atomic E-state index is 0.206. The predicted molar refractivity (Wildman–Crippen MR) is 68.4 cm³/mol. The number of carbonyl (C=O) groups is 2. The molecule has 0 radical (unpaired) electrons. The van der Waals surface area contributed by atoms with Crippen LogP contribution in [0.2, 0.25) is 0 Å². The summed E-state index contributed by atoms with van der Waals surface area (Å²) in [6.45, 7) is 0. The average molecular weight is 308 g/mol. The Balaban J connectivity index is 2.13. The fraction of sp³-hybridized carbons (Fsp3) is 0.167. The molecule has 1 aromatic carbocycles. The van der Waals surface area contributed by atoms with Crippen LogP contribution in [0.25, 0.3) is 0 Å². The summed E-state index contributed by atoms with van der Waals surface area (Å²) < 4.78 is 2.11. The summed E-state index contributed by atoms with van der Waals surface area (Å²) >= 11 is 3.28. The van der Waals surface area contributed by atoms with Gasteiger partial charge in [-0.3, -0.25) is 14.3 Å². The molecule has 5 nitrogen and oxygen atoms in total. The molecule has 0 aliphatic heterocycles. The van der Waals surface area contributed by atoms with E-state index in [9.17, 15) is 9.59 Å². The zero-order valence-corrected chi connectivity index (χ0v) is 11.2. The number of hydrogen-bond donors (Lipinski definition) is 0. The monoisotopic (exact) mass is 307 g/mol. The van der Waals surface area contributed by atoms with Gasteiger partial charge in [0.25, 0.3) is 0 Å². The first kappa shape index (κ1) is 12.6. The topological polar surface area (TPSA) is 64.8 Å². The Morgan fingerprint density at radius 1 is 1.28 bits per heavy atom. The molecule has 6 heteroatoms. The van der Waals surface area contributed by atoms with Crippen molar-refractivity contribution in [3.05, 3.63) is 46.2 Å². The van der Waals surface area contributed by atoms with Gasteiger partial charge in [0.15, 0.2) is 11.6 Å². The number of benzene rings is 1. The summed E-state index contributed by atoms with van der Waals surface area (Å²) in [7, 11) is 1.67. The number of rotatable bonds is 4. The highest BCUT2D eigenvalue weighted by Gasteiger charge is 2.17. The number of aryl methyl sites for hydroxylation is 1. The molecule has 0 N–H and O–H groups in total. The highest BCUT2D eigenvalue weighted by molar-refractivity contribution is 9.10. The smallest absolute Gasteiger partial charge is 0.192 e. The van der Waals surface area contributed by atoms with Gasteiger partial charge in [0, 0.05) is 17.1 Å². The van der Waals surface area contributed by atoms with Crippen LogP contribution in [0.3, 0.4) is 0 Å². The molecule has 0 atom stereocenters. The molecule has 0 amide bonds. The Morgan fingerprint density at radius 2 is 2.00 bits per heavy atom. The van der Waals surface area contributed by atoms with Crippen LogP contribution in [-0.2, 0) is 7.05 Å². The van der Waals surface area contributed by atoms with Crippen LogP contribution in [0.4, 0.5) is 0 Å². The minimum atomic E-state index is -0.330.